The van der Waals surface area contributed by atoms with E-state index in [1.165, 1.54) is 36.3 Å². The van der Waals surface area contributed by atoms with E-state index >= 15 is 0 Å². The molecule has 0 saturated carbocycles. The van der Waals surface area contributed by atoms with Crippen LogP contribution in [0.25, 0.3) is 0 Å². The Morgan fingerprint density at radius 1 is 1.29 bits per heavy atom. The zero-order valence-electron chi connectivity index (χ0n) is 12.9. The first-order valence-corrected chi connectivity index (χ1v) is 9.29. The predicted octanol–water partition coefficient (Wildman–Crippen LogP) is 3.31. The summed E-state index contributed by atoms with van der Waals surface area (Å²) in [7, 11) is 0. The molecule has 3 nitrogen and oxygen atoms in total. The normalized spacial score (nSPS) is 16.9. The highest BCUT2D eigenvalue weighted by molar-refractivity contribution is 7.98. The third-order valence-electron chi connectivity index (χ3n) is 3.97. The minimum absolute atomic E-state index is 0.0661. The van der Waals surface area contributed by atoms with Gasteiger partial charge < -0.3 is 10.6 Å². The van der Waals surface area contributed by atoms with E-state index in [1.807, 2.05) is 23.9 Å². The number of carbonyl (C=O) groups excluding carboxylic acids is 1. The van der Waals surface area contributed by atoms with Crippen molar-refractivity contribution >= 4 is 23.4 Å². The van der Waals surface area contributed by atoms with Gasteiger partial charge in [-0.15, -0.1) is 0 Å². The van der Waals surface area contributed by atoms with Crippen molar-refractivity contribution in [3.05, 3.63) is 29.8 Å². The van der Waals surface area contributed by atoms with E-state index in [0.29, 0.717) is 0 Å². The van der Waals surface area contributed by atoms with E-state index in [1.54, 1.807) is 0 Å². The van der Waals surface area contributed by atoms with Gasteiger partial charge in [-0.3, -0.25) is 4.79 Å². The van der Waals surface area contributed by atoms with Crippen molar-refractivity contribution in [2.75, 3.05) is 30.4 Å². The van der Waals surface area contributed by atoms with Crippen LogP contribution in [0.15, 0.2) is 24.3 Å². The molecule has 1 aliphatic rings. The highest BCUT2D eigenvalue weighted by Crippen LogP contribution is 2.24. The van der Waals surface area contributed by atoms with Gasteiger partial charge in [0, 0.05) is 18.8 Å². The van der Waals surface area contributed by atoms with Crippen LogP contribution in [0.2, 0.25) is 0 Å². The highest BCUT2D eigenvalue weighted by atomic mass is 32.2. The second kappa shape index (κ2) is 8.98. The number of hydrogen-bond donors (Lipinski definition) is 2. The van der Waals surface area contributed by atoms with Gasteiger partial charge in [-0.05, 0) is 42.9 Å². The zero-order valence-corrected chi connectivity index (χ0v) is 13.7. The Kier molecular flexibility index (Phi) is 6.93. The summed E-state index contributed by atoms with van der Waals surface area (Å²) in [5, 5.41) is 6.45. The van der Waals surface area contributed by atoms with Gasteiger partial charge in [0.05, 0.1) is 5.92 Å². The molecule has 0 bridgehead atoms. The Balaban J connectivity index is 1.64. The van der Waals surface area contributed by atoms with Crippen LogP contribution >= 0.6 is 11.8 Å². The second-order valence-corrected chi connectivity index (χ2v) is 6.62. The summed E-state index contributed by atoms with van der Waals surface area (Å²) >= 11 is 1.91. The van der Waals surface area contributed by atoms with Crippen LogP contribution < -0.4 is 10.6 Å². The Morgan fingerprint density at radius 2 is 2.10 bits per heavy atom. The number of thioether (sulfide) groups is 1. The van der Waals surface area contributed by atoms with Gasteiger partial charge in [0.2, 0.25) is 5.91 Å². The molecular formula is C17H26N2OS. The van der Waals surface area contributed by atoms with Crippen molar-refractivity contribution in [2.24, 2.45) is 5.92 Å². The molecule has 1 atom stereocenters. The molecule has 1 amide bonds. The summed E-state index contributed by atoms with van der Waals surface area (Å²) in [6, 6.07) is 8.25. The van der Waals surface area contributed by atoms with E-state index in [4.69, 9.17) is 0 Å². The maximum Gasteiger partial charge on any atom is 0.225 e. The fraction of sp³-hybridized carbons (Fsp3) is 0.588. The summed E-state index contributed by atoms with van der Waals surface area (Å²) in [5.74, 6) is 1.51. The monoisotopic (exact) mass is 306 g/mol. The van der Waals surface area contributed by atoms with Crippen LogP contribution in [-0.2, 0) is 11.2 Å². The molecule has 0 spiro atoms. The molecule has 21 heavy (non-hydrogen) atoms. The first-order valence-electron chi connectivity index (χ1n) is 7.89. The van der Waals surface area contributed by atoms with Gasteiger partial charge in [-0.2, -0.15) is 11.8 Å². The molecule has 116 valence electrons. The average molecular weight is 306 g/mol. The van der Waals surface area contributed by atoms with Crippen LogP contribution in [0.4, 0.5) is 5.69 Å². The standard InChI is InChI=1S/C17H26N2OS/c1-21-11-7-3-2-6-10-18-17(20)15-12-14-8-4-5-9-16(14)19-13-15/h4-5,8-9,15,19H,2-3,6-7,10-13H2,1H3,(H,18,20). The van der Waals surface area contributed by atoms with Crippen LogP contribution in [0, 0.1) is 5.92 Å². The van der Waals surface area contributed by atoms with Crippen LogP contribution in [0.3, 0.4) is 0 Å². The Morgan fingerprint density at radius 3 is 2.95 bits per heavy atom. The lowest BCUT2D eigenvalue weighted by Crippen LogP contribution is -2.38. The molecule has 2 rings (SSSR count). The number of benzene rings is 1. The number of fused-ring (bicyclic) bond motifs is 1. The van der Waals surface area contributed by atoms with Crippen molar-refractivity contribution in [1.82, 2.24) is 5.32 Å². The minimum Gasteiger partial charge on any atom is -0.384 e. The minimum atomic E-state index is 0.0661. The summed E-state index contributed by atoms with van der Waals surface area (Å²) in [6.45, 7) is 1.56. The number of para-hydroxylation sites is 1. The number of unbranched alkanes of at least 4 members (excludes halogenated alkanes) is 3. The van der Waals surface area contributed by atoms with Crippen molar-refractivity contribution in [1.29, 1.82) is 0 Å². The van der Waals surface area contributed by atoms with Crippen LogP contribution in [0.1, 0.15) is 31.2 Å². The maximum atomic E-state index is 12.2. The third kappa shape index (κ3) is 5.27. The van der Waals surface area contributed by atoms with E-state index in [0.717, 1.165) is 25.9 Å². The summed E-state index contributed by atoms with van der Waals surface area (Å²) in [5.41, 5.74) is 2.43. The molecule has 1 aromatic carbocycles. The van der Waals surface area contributed by atoms with Crippen molar-refractivity contribution in [2.45, 2.75) is 32.1 Å². The second-order valence-electron chi connectivity index (χ2n) is 5.64. The number of carbonyl (C=O) groups is 1. The first kappa shape index (κ1) is 16.2. The fourth-order valence-electron chi connectivity index (χ4n) is 2.71. The largest absolute Gasteiger partial charge is 0.384 e. The van der Waals surface area contributed by atoms with Gasteiger partial charge in [-0.25, -0.2) is 0 Å². The summed E-state index contributed by atoms with van der Waals surface area (Å²) in [6.07, 6.45) is 7.87. The summed E-state index contributed by atoms with van der Waals surface area (Å²) in [4.78, 5) is 12.2. The quantitative estimate of drug-likeness (QED) is 0.724. The van der Waals surface area contributed by atoms with Crippen molar-refractivity contribution in [3.63, 3.8) is 0 Å². The number of nitrogens with one attached hydrogen (secondary N) is 2. The SMILES string of the molecule is CSCCCCCCNC(=O)C1CNc2ccccc2C1. The summed E-state index contributed by atoms with van der Waals surface area (Å²) < 4.78 is 0. The van der Waals surface area contributed by atoms with Crippen molar-refractivity contribution < 1.29 is 4.79 Å². The van der Waals surface area contributed by atoms with Crippen molar-refractivity contribution in [3.8, 4) is 0 Å². The van der Waals surface area contributed by atoms with Gasteiger partial charge in [-0.1, -0.05) is 31.0 Å². The van der Waals surface area contributed by atoms with Crippen LogP contribution in [-0.4, -0.2) is 31.0 Å². The Hall–Kier alpha value is -1.16. The first-order chi connectivity index (χ1) is 10.3. The number of hydrogen-bond acceptors (Lipinski definition) is 3. The van der Waals surface area contributed by atoms with E-state index in [-0.39, 0.29) is 11.8 Å². The molecule has 0 fully saturated rings. The van der Waals surface area contributed by atoms with Gasteiger partial charge >= 0.3 is 0 Å². The molecule has 1 aliphatic heterocycles. The molecule has 1 heterocycles. The Labute approximate surface area is 132 Å². The lowest BCUT2D eigenvalue weighted by atomic mass is 9.93. The maximum absolute atomic E-state index is 12.2. The van der Waals surface area contributed by atoms with Crippen LogP contribution in [0.5, 0.6) is 0 Å². The van der Waals surface area contributed by atoms with E-state index in [9.17, 15) is 4.79 Å². The number of anilines is 1. The molecule has 0 saturated heterocycles. The Bertz CT molecular complexity index is 450. The molecule has 1 aromatic rings. The van der Waals surface area contributed by atoms with Gasteiger partial charge in [0.15, 0.2) is 0 Å². The molecule has 0 radical (unpaired) electrons. The third-order valence-corrected chi connectivity index (χ3v) is 4.66. The molecular weight excluding hydrogens is 280 g/mol. The topological polar surface area (TPSA) is 41.1 Å². The predicted molar refractivity (Wildman–Crippen MR) is 92.0 cm³/mol. The smallest absolute Gasteiger partial charge is 0.225 e. The molecule has 2 N–H and O–H groups in total. The number of amides is 1. The zero-order chi connectivity index (χ0) is 14.9. The lowest BCUT2D eigenvalue weighted by Gasteiger charge is -2.25. The molecule has 0 aromatic heterocycles. The van der Waals surface area contributed by atoms with Gasteiger partial charge in [0.1, 0.15) is 0 Å². The van der Waals surface area contributed by atoms with E-state index < -0.39 is 0 Å². The fourth-order valence-corrected chi connectivity index (χ4v) is 3.20. The molecule has 1 unspecified atom stereocenters. The number of rotatable bonds is 8. The molecule has 4 heteroatoms. The molecule has 0 aliphatic carbocycles. The van der Waals surface area contributed by atoms with E-state index in [2.05, 4.69) is 29.0 Å². The highest BCUT2D eigenvalue weighted by Gasteiger charge is 2.23. The van der Waals surface area contributed by atoms with Gasteiger partial charge in [0.25, 0.3) is 0 Å². The lowest BCUT2D eigenvalue weighted by molar-refractivity contribution is -0.124. The average Bonchev–Trinajstić information content (AvgIpc) is 2.53.